The maximum atomic E-state index is 12.7. The SMILES string of the molecule is CCCCC/C=C\C/C=C\CCCCCCCC(=O)N(CCCN(C)C)CCCN(C)C. The summed E-state index contributed by atoms with van der Waals surface area (Å²) in [5.41, 5.74) is 0. The maximum Gasteiger partial charge on any atom is 0.222 e. The van der Waals surface area contributed by atoms with Crippen LogP contribution in [0.25, 0.3) is 0 Å². The molecule has 0 aromatic heterocycles. The van der Waals surface area contributed by atoms with Crippen molar-refractivity contribution in [1.82, 2.24) is 14.7 Å². The number of amides is 1. The highest BCUT2D eigenvalue weighted by Crippen LogP contribution is 2.10. The molecular formula is C28H55N3O. The molecule has 0 saturated heterocycles. The topological polar surface area (TPSA) is 26.8 Å². The molecule has 0 rings (SSSR count). The normalized spacial score (nSPS) is 12.1. The first-order chi connectivity index (χ1) is 15.5. The van der Waals surface area contributed by atoms with Crippen LogP contribution >= 0.6 is 0 Å². The number of hydrogen-bond acceptors (Lipinski definition) is 3. The van der Waals surface area contributed by atoms with Crippen molar-refractivity contribution in [2.75, 3.05) is 54.4 Å². The molecule has 32 heavy (non-hydrogen) atoms. The lowest BCUT2D eigenvalue weighted by Crippen LogP contribution is -2.35. The molecule has 0 bridgehead atoms. The molecule has 0 fully saturated rings. The lowest BCUT2D eigenvalue weighted by molar-refractivity contribution is -0.131. The van der Waals surface area contributed by atoms with Crippen LogP contribution in [-0.4, -0.2) is 75.0 Å². The van der Waals surface area contributed by atoms with E-state index in [4.69, 9.17) is 0 Å². The first kappa shape index (κ1) is 30.9. The second kappa shape index (κ2) is 23.0. The van der Waals surface area contributed by atoms with Crippen LogP contribution in [0.3, 0.4) is 0 Å². The van der Waals surface area contributed by atoms with E-state index < -0.39 is 0 Å². The number of carbonyl (C=O) groups is 1. The second-order valence-electron chi connectivity index (χ2n) is 9.68. The molecule has 0 aromatic rings. The van der Waals surface area contributed by atoms with E-state index in [0.29, 0.717) is 12.3 Å². The van der Waals surface area contributed by atoms with Gasteiger partial charge in [0.05, 0.1) is 0 Å². The van der Waals surface area contributed by atoms with Crippen LogP contribution in [0.5, 0.6) is 0 Å². The zero-order valence-electron chi connectivity index (χ0n) is 22.3. The van der Waals surface area contributed by atoms with Crippen LogP contribution < -0.4 is 0 Å². The minimum atomic E-state index is 0.355. The quantitative estimate of drug-likeness (QED) is 0.139. The van der Waals surface area contributed by atoms with E-state index in [-0.39, 0.29) is 0 Å². The highest BCUT2D eigenvalue weighted by Gasteiger charge is 2.13. The molecule has 0 spiro atoms. The van der Waals surface area contributed by atoms with Crippen LogP contribution in [0.15, 0.2) is 24.3 Å². The molecule has 0 heterocycles. The van der Waals surface area contributed by atoms with Gasteiger partial charge in [-0.1, -0.05) is 63.3 Å². The van der Waals surface area contributed by atoms with Crippen LogP contribution in [0.4, 0.5) is 0 Å². The molecule has 4 heteroatoms. The fraction of sp³-hybridized carbons (Fsp3) is 0.821. The number of nitrogens with zero attached hydrogens (tertiary/aromatic N) is 3. The van der Waals surface area contributed by atoms with Gasteiger partial charge in [0.2, 0.25) is 5.91 Å². The summed E-state index contributed by atoms with van der Waals surface area (Å²) in [6.45, 7) is 6.13. The number of allylic oxidation sites excluding steroid dienone is 4. The summed E-state index contributed by atoms with van der Waals surface area (Å²) in [6.07, 6.45) is 25.6. The number of unbranched alkanes of at least 4 members (excludes halogenated alkanes) is 8. The average molecular weight is 450 g/mol. The summed E-state index contributed by atoms with van der Waals surface area (Å²) in [5.74, 6) is 0.355. The Kier molecular flexibility index (Phi) is 22.2. The Bertz CT molecular complexity index is 457. The Morgan fingerprint density at radius 2 is 1.09 bits per heavy atom. The molecule has 0 radical (unpaired) electrons. The van der Waals surface area contributed by atoms with Gasteiger partial charge in [-0.25, -0.2) is 0 Å². The molecule has 0 aromatic carbocycles. The van der Waals surface area contributed by atoms with Crippen molar-refractivity contribution in [3.05, 3.63) is 24.3 Å². The van der Waals surface area contributed by atoms with Crippen molar-refractivity contribution < 1.29 is 4.79 Å². The van der Waals surface area contributed by atoms with E-state index in [1.165, 1.54) is 57.8 Å². The molecular weight excluding hydrogens is 394 g/mol. The second-order valence-corrected chi connectivity index (χ2v) is 9.68. The van der Waals surface area contributed by atoms with E-state index in [1.807, 2.05) is 0 Å². The number of carbonyl (C=O) groups excluding carboxylic acids is 1. The molecule has 0 unspecified atom stereocenters. The van der Waals surface area contributed by atoms with Gasteiger partial charge in [-0.15, -0.1) is 0 Å². The molecule has 0 saturated carbocycles. The van der Waals surface area contributed by atoms with E-state index >= 15 is 0 Å². The highest BCUT2D eigenvalue weighted by molar-refractivity contribution is 5.76. The molecule has 188 valence electrons. The Balaban J connectivity index is 3.83. The van der Waals surface area contributed by atoms with E-state index in [9.17, 15) is 4.79 Å². The minimum Gasteiger partial charge on any atom is -0.343 e. The average Bonchev–Trinajstić information content (AvgIpc) is 2.74. The first-order valence-electron chi connectivity index (χ1n) is 13.3. The van der Waals surface area contributed by atoms with Crippen molar-refractivity contribution >= 4 is 5.91 Å². The molecule has 0 aliphatic rings. The van der Waals surface area contributed by atoms with Gasteiger partial charge < -0.3 is 14.7 Å². The molecule has 0 atom stereocenters. The molecule has 0 aliphatic heterocycles. The van der Waals surface area contributed by atoms with Crippen LogP contribution in [0.1, 0.15) is 96.8 Å². The minimum absolute atomic E-state index is 0.355. The van der Waals surface area contributed by atoms with Gasteiger partial charge in [-0.2, -0.15) is 0 Å². The lowest BCUT2D eigenvalue weighted by atomic mass is 10.1. The summed E-state index contributed by atoms with van der Waals surface area (Å²) in [5, 5.41) is 0. The summed E-state index contributed by atoms with van der Waals surface area (Å²) >= 11 is 0. The van der Waals surface area contributed by atoms with Gasteiger partial charge in [0, 0.05) is 19.5 Å². The summed E-state index contributed by atoms with van der Waals surface area (Å²) < 4.78 is 0. The largest absolute Gasteiger partial charge is 0.343 e. The Morgan fingerprint density at radius 3 is 1.62 bits per heavy atom. The van der Waals surface area contributed by atoms with E-state index in [2.05, 4.69) is 74.1 Å². The molecule has 0 aliphatic carbocycles. The number of rotatable bonds is 22. The van der Waals surface area contributed by atoms with Crippen molar-refractivity contribution in [2.24, 2.45) is 0 Å². The fourth-order valence-electron chi connectivity index (χ4n) is 3.76. The summed E-state index contributed by atoms with van der Waals surface area (Å²) in [7, 11) is 8.39. The third-order valence-corrected chi connectivity index (χ3v) is 5.76. The van der Waals surface area contributed by atoms with Crippen molar-refractivity contribution in [3.8, 4) is 0 Å². The molecule has 0 N–H and O–H groups in total. The van der Waals surface area contributed by atoms with E-state index in [0.717, 1.165) is 51.9 Å². The predicted molar refractivity (Wildman–Crippen MR) is 142 cm³/mol. The van der Waals surface area contributed by atoms with Crippen molar-refractivity contribution in [3.63, 3.8) is 0 Å². The number of hydrogen-bond donors (Lipinski definition) is 0. The highest BCUT2D eigenvalue weighted by atomic mass is 16.2. The van der Waals surface area contributed by atoms with Crippen molar-refractivity contribution in [1.29, 1.82) is 0 Å². The van der Waals surface area contributed by atoms with Crippen LogP contribution in [-0.2, 0) is 4.79 Å². The molecule has 4 nitrogen and oxygen atoms in total. The zero-order chi connectivity index (χ0) is 23.9. The van der Waals surface area contributed by atoms with Gasteiger partial charge in [0.15, 0.2) is 0 Å². The van der Waals surface area contributed by atoms with Crippen LogP contribution in [0, 0.1) is 0 Å². The first-order valence-corrected chi connectivity index (χ1v) is 13.3. The standard InChI is InChI=1S/C28H55N3O/c1-6-7-8-9-10-11-12-13-14-15-16-17-18-19-20-23-28(32)31(26-21-24-29(2)3)27-22-25-30(4)5/h10-11,13-14H,6-9,12,15-27H2,1-5H3/b11-10-,14-13-. The van der Waals surface area contributed by atoms with Gasteiger partial charge in [0.1, 0.15) is 0 Å². The molecule has 1 amide bonds. The predicted octanol–water partition coefficient (Wildman–Crippen LogP) is 6.53. The summed E-state index contributed by atoms with van der Waals surface area (Å²) in [4.78, 5) is 19.2. The van der Waals surface area contributed by atoms with Gasteiger partial charge in [0.25, 0.3) is 0 Å². The monoisotopic (exact) mass is 449 g/mol. The smallest absolute Gasteiger partial charge is 0.222 e. The Labute approximate surface area is 201 Å². The Morgan fingerprint density at radius 1 is 0.594 bits per heavy atom. The van der Waals surface area contributed by atoms with E-state index in [1.54, 1.807) is 0 Å². The maximum absolute atomic E-state index is 12.7. The zero-order valence-corrected chi connectivity index (χ0v) is 22.3. The fourth-order valence-corrected chi connectivity index (χ4v) is 3.76. The van der Waals surface area contributed by atoms with Gasteiger partial charge in [-0.05, 0) is 92.6 Å². The van der Waals surface area contributed by atoms with Crippen LogP contribution in [0.2, 0.25) is 0 Å². The third-order valence-electron chi connectivity index (χ3n) is 5.76. The lowest BCUT2D eigenvalue weighted by Gasteiger charge is -2.24. The van der Waals surface area contributed by atoms with Gasteiger partial charge >= 0.3 is 0 Å². The van der Waals surface area contributed by atoms with Gasteiger partial charge in [-0.3, -0.25) is 4.79 Å². The third kappa shape index (κ3) is 22.1. The van der Waals surface area contributed by atoms with Crippen molar-refractivity contribution in [2.45, 2.75) is 96.8 Å². The summed E-state index contributed by atoms with van der Waals surface area (Å²) in [6, 6.07) is 0. The Hall–Kier alpha value is -1.13.